The lowest BCUT2D eigenvalue weighted by Crippen LogP contribution is -2.04. The second-order valence-electron chi connectivity index (χ2n) is 3.52. The van der Waals surface area contributed by atoms with Crippen molar-refractivity contribution in [3.63, 3.8) is 0 Å². The molecule has 0 spiro atoms. The highest BCUT2D eigenvalue weighted by molar-refractivity contribution is 5.49. The van der Waals surface area contributed by atoms with Crippen LogP contribution in [-0.2, 0) is 0 Å². The molecule has 0 aliphatic rings. The maximum Gasteiger partial charge on any atom is 0.157 e. The summed E-state index contributed by atoms with van der Waals surface area (Å²) in [5, 5.41) is 4.24. The van der Waals surface area contributed by atoms with Gasteiger partial charge in [0, 0.05) is 18.0 Å². The largest absolute Gasteiger partial charge is 0.398 e. The molecule has 0 saturated heterocycles. The SMILES string of the molecule is Cc1nc(C)n(-c2cc(N)c(C)cn2)n1. The highest BCUT2D eigenvalue weighted by atomic mass is 15.4. The summed E-state index contributed by atoms with van der Waals surface area (Å²) in [5.74, 6) is 2.24. The van der Waals surface area contributed by atoms with Crippen molar-refractivity contribution in [2.75, 3.05) is 5.73 Å². The van der Waals surface area contributed by atoms with Gasteiger partial charge >= 0.3 is 0 Å². The van der Waals surface area contributed by atoms with Gasteiger partial charge in [0.2, 0.25) is 0 Å². The molecule has 0 radical (unpaired) electrons. The Kier molecular flexibility index (Phi) is 2.15. The van der Waals surface area contributed by atoms with Crippen LogP contribution < -0.4 is 5.73 Å². The van der Waals surface area contributed by atoms with E-state index in [1.165, 1.54) is 0 Å². The summed E-state index contributed by atoms with van der Waals surface area (Å²) < 4.78 is 1.69. The van der Waals surface area contributed by atoms with Gasteiger partial charge in [0.1, 0.15) is 11.6 Å². The number of hydrogen-bond donors (Lipinski definition) is 1. The monoisotopic (exact) mass is 203 g/mol. The standard InChI is InChI=1S/C10H13N5/c1-6-5-12-10(4-9(6)11)15-8(3)13-7(2)14-15/h4-5H,1-3H3,(H2,11,12). The van der Waals surface area contributed by atoms with Gasteiger partial charge < -0.3 is 5.73 Å². The van der Waals surface area contributed by atoms with Crippen LogP contribution in [-0.4, -0.2) is 19.7 Å². The van der Waals surface area contributed by atoms with Crippen molar-refractivity contribution >= 4 is 5.69 Å². The molecule has 0 aliphatic carbocycles. The Morgan fingerprint density at radius 1 is 1.27 bits per heavy atom. The third-order valence-electron chi connectivity index (χ3n) is 2.22. The zero-order valence-corrected chi connectivity index (χ0v) is 9.02. The molecule has 0 bridgehead atoms. The van der Waals surface area contributed by atoms with Gasteiger partial charge in [-0.3, -0.25) is 0 Å². The lowest BCUT2D eigenvalue weighted by atomic mass is 10.2. The molecule has 0 atom stereocenters. The molecule has 0 fully saturated rings. The Hall–Kier alpha value is -1.91. The molecule has 78 valence electrons. The second-order valence-corrected chi connectivity index (χ2v) is 3.52. The van der Waals surface area contributed by atoms with Crippen molar-refractivity contribution < 1.29 is 0 Å². The van der Waals surface area contributed by atoms with Gasteiger partial charge in [-0.1, -0.05) is 0 Å². The number of anilines is 1. The Morgan fingerprint density at radius 2 is 2.00 bits per heavy atom. The first-order valence-corrected chi connectivity index (χ1v) is 4.70. The zero-order valence-electron chi connectivity index (χ0n) is 9.02. The molecule has 5 heteroatoms. The van der Waals surface area contributed by atoms with Gasteiger partial charge in [0.05, 0.1) is 0 Å². The highest BCUT2D eigenvalue weighted by Gasteiger charge is 2.07. The number of hydrogen-bond acceptors (Lipinski definition) is 4. The Labute approximate surface area is 88.0 Å². The summed E-state index contributed by atoms with van der Waals surface area (Å²) >= 11 is 0. The number of pyridine rings is 1. The number of aryl methyl sites for hydroxylation is 3. The van der Waals surface area contributed by atoms with Crippen LogP contribution in [0, 0.1) is 20.8 Å². The van der Waals surface area contributed by atoms with Crippen LogP contribution >= 0.6 is 0 Å². The minimum atomic E-state index is 0.705. The molecule has 2 aromatic heterocycles. The fourth-order valence-electron chi connectivity index (χ4n) is 1.38. The molecule has 2 N–H and O–H groups in total. The van der Waals surface area contributed by atoms with Crippen LogP contribution in [0.25, 0.3) is 5.82 Å². The number of nitrogen functional groups attached to an aromatic ring is 1. The van der Waals surface area contributed by atoms with E-state index in [0.717, 1.165) is 17.2 Å². The molecule has 2 heterocycles. The second kappa shape index (κ2) is 3.34. The predicted octanol–water partition coefficient (Wildman–Crippen LogP) is 1.17. The van der Waals surface area contributed by atoms with Gasteiger partial charge in [-0.15, -0.1) is 5.10 Å². The van der Waals surface area contributed by atoms with Crippen molar-refractivity contribution in [2.24, 2.45) is 0 Å². The summed E-state index contributed by atoms with van der Waals surface area (Å²) in [7, 11) is 0. The average molecular weight is 203 g/mol. The highest BCUT2D eigenvalue weighted by Crippen LogP contribution is 2.13. The maximum atomic E-state index is 5.81. The first-order chi connectivity index (χ1) is 7.08. The van der Waals surface area contributed by atoms with Crippen LogP contribution in [0.1, 0.15) is 17.2 Å². The van der Waals surface area contributed by atoms with Gasteiger partial charge in [-0.05, 0) is 26.3 Å². The quantitative estimate of drug-likeness (QED) is 0.755. The molecule has 0 aromatic carbocycles. The summed E-state index contributed by atoms with van der Waals surface area (Å²) in [6, 6.07) is 1.80. The number of nitrogens with zero attached hydrogens (tertiary/aromatic N) is 4. The van der Waals surface area contributed by atoms with E-state index >= 15 is 0 Å². The van der Waals surface area contributed by atoms with Crippen molar-refractivity contribution in [1.29, 1.82) is 0 Å². The Balaban J connectivity index is 2.54. The predicted molar refractivity (Wildman–Crippen MR) is 57.8 cm³/mol. The lowest BCUT2D eigenvalue weighted by molar-refractivity contribution is 0.803. The minimum absolute atomic E-state index is 0.705. The fraction of sp³-hybridized carbons (Fsp3) is 0.300. The van der Waals surface area contributed by atoms with E-state index in [-0.39, 0.29) is 0 Å². The van der Waals surface area contributed by atoms with E-state index in [2.05, 4.69) is 15.1 Å². The molecule has 2 aromatic rings. The van der Waals surface area contributed by atoms with E-state index in [1.807, 2.05) is 20.8 Å². The first kappa shape index (κ1) is 9.64. The molecule has 15 heavy (non-hydrogen) atoms. The zero-order chi connectivity index (χ0) is 11.0. The fourth-order valence-corrected chi connectivity index (χ4v) is 1.38. The third kappa shape index (κ3) is 1.68. The molecule has 0 amide bonds. The van der Waals surface area contributed by atoms with Gasteiger partial charge in [0.25, 0.3) is 0 Å². The average Bonchev–Trinajstić information content (AvgIpc) is 2.50. The van der Waals surface area contributed by atoms with Crippen LogP contribution in [0.3, 0.4) is 0 Å². The van der Waals surface area contributed by atoms with Crippen LogP contribution in [0.5, 0.6) is 0 Å². The molecule has 2 rings (SSSR count). The van der Waals surface area contributed by atoms with E-state index in [9.17, 15) is 0 Å². The van der Waals surface area contributed by atoms with Crippen molar-refractivity contribution in [2.45, 2.75) is 20.8 Å². The normalized spacial score (nSPS) is 10.6. The van der Waals surface area contributed by atoms with Gasteiger partial charge in [-0.2, -0.15) is 4.68 Å². The smallest absolute Gasteiger partial charge is 0.157 e. The van der Waals surface area contributed by atoms with E-state index in [4.69, 9.17) is 5.73 Å². The summed E-state index contributed by atoms with van der Waals surface area (Å²) in [6.07, 6.45) is 1.74. The third-order valence-corrected chi connectivity index (χ3v) is 2.22. The molecular weight excluding hydrogens is 190 g/mol. The van der Waals surface area contributed by atoms with Crippen LogP contribution in [0.4, 0.5) is 5.69 Å². The summed E-state index contributed by atoms with van der Waals surface area (Å²) in [4.78, 5) is 8.47. The first-order valence-electron chi connectivity index (χ1n) is 4.70. The Morgan fingerprint density at radius 3 is 2.53 bits per heavy atom. The minimum Gasteiger partial charge on any atom is -0.398 e. The summed E-state index contributed by atoms with van der Waals surface area (Å²) in [5.41, 5.74) is 7.49. The van der Waals surface area contributed by atoms with Crippen molar-refractivity contribution in [3.05, 3.63) is 29.5 Å². The van der Waals surface area contributed by atoms with Crippen LogP contribution in [0.15, 0.2) is 12.3 Å². The van der Waals surface area contributed by atoms with Crippen molar-refractivity contribution in [3.8, 4) is 5.82 Å². The summed E-state index contributed by atoms with van der Waals surface area (Å²) in [6.45, 7) is 5.66. The number of aromatic nitrogens is 4. The van der Waals surface area contributed by atoms with Crippen molar-refractivity contribution in [1.82, 2.24) is 19.7 Å². The molecule has 0 aliphatic heterocycles. The molecule has 0 saturated carbocycles. The van der Waals surface area contributed by atoms with Crippen LogP contribution in [0.2, 0.25) is 0 Å². The molecule has 0 unspecified atom stereocenters. The van der Waals surface area contributed by atoms with E-state index in [0.29, 0.717) is 11.5 Å². The van der Waals surface area contributed by atoms with E-state index < -0.39 is 0 Å². The molecular formula is C10H13N5. The topological polar surface area (TPSA) is 69.6 Å². The number of nitrogens with two attached hydrogens (primary N) is 1. The van der Waals surface area contributed by atoms with E-state index in [1.54, 1.807) is 16.9 Å². The maximum absolute atomic E-state index is 5.81. The molecule has 5 nitrogen and oxygen atoms in total. The van der Waals surface area contributed by atoms with Gasteiger partial charge in [0.15, 0.2) is 5.82 Å². The Bertz CT molecular complexity index is 501. The lowest BCUT2D eigenvalue weighted by Gasteiger charge is -2.04. The number of rotatable bonds is 1. The van der Waals surface area contributed by atoms with Gasteiger partial charge in [-0.25, -0.2) is 9.97 Å².